The fourth-order valence-electron chi connectivity index (χ4n) is 1.95. The number of rotatable bonds is 8. The molecule has 1 heterocycles. The van der Waals surface area contributed by atoms with E-state index in [0.29, 0.717) is 6.61 Å². The van der Waals surface area contributed by atoms with Gasteiger partial charge in [0.15, 0.2) is 0 Å². The number of benzene rings is 1. The second kappa shape index (κ2) is 8.07. The van der Waals surface area contributed by atoms with Crippen LogP contribution in [0.4, 0.5) is 0 Å². The van der Waals surface area contributed by atoms with E-state index in [4.69, 9.17) is 4.74 Å². The van der Waals surface area contributed by atoms with Crippen molar-refractivity contribution in [2.45, 2.75) is 26.4 Å². The molecule has 5 heteroatoms. The van der Waals surface area contributed by atoms with Crippen molar-refractivity contribution < 1.29 is 4.74 Å². The first kappa shape index (κ1) is 15.1. The predicted octanol–water partition coefficient (Wildman–Crippen LogP) is 3.22. The Morgan fingerprint density at radius 3 is 3.05 bits per heavy atom. The number of aromatic nitrogens is 2. The molecule has 0 saturated heterocycles. The van der Waals surface area contributed by atoms with E-state index in [2.05, 4.69) is 43.8 Å². The fourth-order valence-corrected chi connectivity index (χ4v) is 2.48. The van der Waals surface area contributed by atoms with E-state index in [1.165, 1.54) is 5.56 Å². The lowest BCUT2D eigenvalue weighted by Crippen LogP contribution is -2.13. The third-order valence-corrected chi connectivity index (χ3v) is 3.60. The van der Waals surface area contributed by atoms with Gasteiger partial charge in [0.1, 0.15) is 5.75 Å². The molecule has 1 aromatic heterocycles. The quantitative estimate of drug-likeness (QED) is 0.751. The van der Waals surface area contributed by atoms with Crippen LogP contribution in [-0.4, -0.2) is 22.7 Å². The zero-order chi connectivity index (χ0) is 14.2. The van der Waals surface area contributed by atoms with E-state index in [0.717, 1.165) is 36.3 Å². The molecule has 0 aliphatic rings. The number of halogens is 1. The van der Waals surface area contributed by atoms with Crippen LogP contribution in [0, 0.1) is 0 Å². The van der Waals surface area contributed by atoms with Gasteiger partial charge >= 0.3 is 0 Å². The number of imidazole rings is 1. The molecule has 2 aromatic rings. The summed E-state index contributed by atoms with van der Waals surface area (Å²) < 4.78 is 9.01. The van der Waals surface area contributed by atoms with Gasteiger partial charge in [-0.05, 0) is 35.0 Å². The highest BCUT2D eigenvalue weighted by atomic mass is 79.9. The monoisotopic (exact) mass is 337 g/mol. The van der Waals surface area contributed by atoms with E-state index in [-0.39, 0.29) is 0 Å². The Kier molecular flexibility index (Phi) is 6.08. The van der Waals surface area contributed by atoms with Gasteiger partial charge < -0.3 is 14.6 Å². The molecule has 2 rings (SSSR count). The number of nitrogens with one attached hydrogen (secondary N) is 1. The Morgan fingerprint density at radius 1 is 1.40 bits per heavy atom. The summed E-state index contributed by atoms with van der Waals surface area (Å²) in [5, 5.41) is 3.33. The van der Waals surface area contributed by atoms with Gasteiger partial charge in [-0.15, -0.1) is 0 Å². The highest BCUT2D eigenvalue weighted by Crippen LogP contribution is 2.29. The predicted molar refractivity (Wildman–Crippen MR) is 83.9 cm³/mol. The number of hydrogen-bond acceptors (Lipinski definition) is 3. The van der Waals surface area contributed by atoms with Crippen molar-refractivity contribution in [3.8, 4) is 5.75 Å². The molecule has 0 saturated carbocycles. The number of nitrogens with zero attached hydrogens (tertiary/aromatic N) is 2. The van der Waals surface area contributed by atoms with Crippen LogP contribution in [0.2, 0.25) is 0 Å². The van der Waals surface area contributed by atoms with Crippen LogP contribution in [0.3, 0.4) is 0 Å². The molecule has 0 atom stereocenters. The van der Waals surface area contributed by atoms with Crippen molar-refractivity contribution in [2.75, 3.05) is 13.2 Å². The molecule has 0 aliphatic carbocycles. The Labute approximate surface area is 128 Å². The lowest BCUT2D eigenvalue weighted by molar-refractivity contribution is 0.296. The molecule has 0 fully saturated rings. The maximum Gasteiger partial charge on any atom is 0.137 e. The van der Waals surface area contributed by atoms with Crippen LogP contribution in [0.1, 0.15) is 18.9 Å². The smallest absolute Gasteiger partial charge is 0.137 e. The first-order valence-electron chi connectivity index (χ1n) is 6.88. The van der Waals surface area contributed by atoms with Crippen LogP contribution in [0.15, 0.2) is 41.4 Å². The minimum absolute atomic E-state index is 0.694. The summed E-state index contributed by atoms with van der Waals surface area (Å²) in [4.78, 5) is 4.03. The molecule has 4 nitrogen and oxygen atoms in total. The molecule has 0 amide bonds. The van der Waals surface area contributed by atoms with E-state index in [1.807, 2.05) is 24.7 Å². The second-order valence-corrected chi connectivity index (χ2v) is 5.37. The van der Waals surface area contributed by atoms with Gasteiger partial charge in [-0.1, -0.05) is 19.1 Å². The normalized spacial score (nSPS) is 10.7. The standard InChI is InChI=1S/C15H20BrN3O/c1-2-17-11-13-5-3-6-14(16)15(13)20-10-4-8-19-9-7-18-12-19/h3,5-7,9,12,17H,2,4,8,10-11H2,1H3. The largest absolute Gasteiger partial charge is 0.492 e. The zero-order valence-electron chi connectivity index (χ0n) is 11.7. The summed E-state index contributed by atoms with van der Waals surface area (Å²) in [6.07, 6.45) is 6.55. The van der Waals surface area contributed by atoms with Crippen molar-refractivity contribution >= 4 is 15.9 Å². The Hall–Kier alpha value is -1.33. The molecule has 0 bridgehead atoms. The number of hydrogen-bond donors (Lipinski definition) is 1. The molecular formula is C15H20BrN3O. The van der Waals surface area contributed by atoms with Gasteiger partial charge in [-0.3, -0.25) is 0 Å². The third-order valence-electron chi connectivity index (χ3n) is 2.98. The van der Waals surface area contributed by atoms with Crippen molar-refractivity contribution in [1.29, 1.82) is 0 Å². The SMILES string of the molecule is CCNCc1cccc(Br)c1OCCCn1ccnc1. The van der Waals surface area contributed by atoms with Crippen LogP contribution in [0.25, 0.3) is 0 Å². The maximum atomic E-state index is 5.94. The lowest BCUT2D eigenvalue weighted by atomic mass is 10.2. The van der Waals surface area contributed by atoms with Crippen LogP contribution in [-0.2, 0) is 13.1 Å². The van der Waals surface area contributed by atoms with E-state index in [1.54, 1.807) is 6.20 Å². The number of ether oxygens (including phenoxy) is 1. The Morgan fingerprint density at radius 2 is 2.30 bits per heavy atom. The first-order valence-corrected chi connectivity index (χ1v) is 7.67. The molecule has 0 radical (unpaired) electrons. The molecule has 20 heavy (non-hydrogen) atoms. The molecule has 108 valence electrons. The van der Waals surface area contributed by atoms with Crippen LogP contribution < -0.4 is 10.1 Å². The highest BCUT2D eigenvalue weighted by molar-refractivity contribution is 9.10. The van der Waals surface area contributed by atoms with Gasteiger partial charge in [0.25, 0.3) is 0 Å². The number of para-hydroxylation sites is 1. The highest BCUT2D eigenvalue weighted by Gasteiger charge is 2.07. The molecule has 0 aliphatic heterocycles. The van der Waals surface area contributed by atoms with Crippen molar-refractivity contribution in [3.63, 3.8) is 0 Å². The Bertz CT molecular complexity index is 514. The minimum Gasteiger partial charge on any atom is -0.492 e. The lowest BCUT2D eigenvalue weighted by Gasteiger charge is -2.13. The van der Waals surface area contributed by atoms with Gasteiger partial charge in [0.2, 0.25) is 0 Å². The van der Waals surface area contributed by atoms with Crippen molar-refractivity contribution in [1.82, 2.24) is 14.9 Å². The van der Waals surface area contributed by atoms with E-state index >= 15 is 0 Å². The minimum atomic E-state index is 0.694. The van der Waals surface area contributed by atoms with Crippen molar-refractivity contribution in [3.05, 3.63) is 47.0 Å². The van der Waals surface area contributed by atoms with E-state index in [9.17, 15) is 0 Å². The van der Waals surface area contributed by atoms with E-state index < -0.39 is 0 Å². The maximum absolute atomic E-state index is 5.94. The molecule has 0 unspecified atom stereocenters. The molecule has 0 spiro atoms. The summed E-state index contributed by atoms with van der Waals surface area (Å²) in [5.74, 6) is 0.944. The first-order chi connectivity index (χ1) is 9.81. The topological polar surface area (TPSA) is 39.1 Å². The van der Waals surface area contributed by atoms with Crippen LogP contribution in [0.5, 0.6) is 5.75 Å². The Balaban J connectivity index is 1.87. The average molecular weight is 338 g/mol. The summed E-state index contributed by atoms with van der Waals surface area (Å²) in [6.45, 7) is 5.50. The fraction of sp³-hybridized carbons (Fsp3) is 0.400. The molecule has 1 aromatic carbocycles. The summed E-state index contributed by atoms with van der Waals surface area (Å²) in [7, 11) is 0. The third kappa shape index (κ3) is 4.35. The van der Waals surface area contributed by atoms with Gasteiger partial charge in [-0.2, -0.15) is 0 Å². The van der Waals surface area contributed by atoms with Crippen molar-refractivity contribution in [2.24, 2.45) is 0 Å². The van der Waals surface area contributed by atoms with Gasteiger partial charge in [0, 0.05) is 31.0 Å². The number of aryl methyl sites for hydroxylation is 1. The summed E-state index contributed by atoms with van der Waals surface area (Å²) in [5.41, 5.74) is 1.18. The average Bonchev–Trinajstić information content (AvgIpc) is 2.96. The van der Waals surface area contributed by atoms with Gasteiger partial charge in [-0.25, -0.2) is 4.98 Å². The second-order valence-electron chi connectivity index (χ2n) is 4.51. The molecule has 1 N–H and O–H groups in total. The van der Waals surface area contributed by atoms with Gasteiger partial charge in [0.05, 0.1) is 17.4 Å². The summed E-state index contributed by atoms with van der Waals surface area (Å²) in [6, 6.07) is 6.15. The zero-order valence-corrected chi connectivity index (χ0v) is 13.3. The van der Waals surface area contributed by atoms with Crippen LogP contribution >= 0.6 is 15.9 Å². The summed E-state index contributed by atoms with van der Waals surface area (Å²) >= 11 is 3.56. The molecular weight excluding hydrogens is 318 g/mol.